The van der Waals surface area contributed by atoms with Gasteiger partial charge < -0.3 is 10.5 Å². The van der Waals surface area contributed by atoms with E-state index in [1.54, 1.807) is 18.2 Å². The first-order valence-corrected chi connectivity index (χ1v) is 7.78. The topological polar surface area (TPSA) is 69.4 Å². The molecule has 0 radical (unpaired) electrons. The second kappa shape index (κ2) is 6.44. The van der Waals surface area contributed by atoms with Crippen LogP contribution in [0, 0.1) is 0 Å². The smallest absolute Gasteiger partial charge is 0.147 e. The fraction of sp³-hybridized carbons (Fsp3) is 0.385. The number of allylic oxidation sites excluding steroid dienone is 1. The van der Waals surface area contributed by atoms with Crippen LogP contribution in [-0.4, -0.2) is 27.0 Å². The predicted molar refractivity (Wildman–Crippen MR) is 74.6 cm³/mol. The second-order valence-corrected chi connectivity index (χ2v) is 6.45. The zero-order valence-corrected chi connectivity index (χ0v) is 11.4. The molecule has 0 aliphatic carbocycles. The van der Waals surface area contributed by atoms with Crippen LogP contribution in [0.15, 0.2) is 30.9 Å². The minimum absolute atomic E-state index is 0.138. The highest BCUT2D eigenvalue weighted by Gasteiger charge is 2.05. The molecule has 0 atom stereocenters. The normalized spacial score (nSPS) is 11.2. The van der Waals surface area contributed by atoms with Crippen molar-refractivity contribution >= 4 is 15.5 Å². The highest BCUT2D eigenvalue weighted by Crippen LogP contribution is 2.22. The maximum absolute atomic E-state index is 11.0. The van der Waals surface area contributed by atoms with Crippen LogP contribution in [-0.2, 0) is 16.3 Å². The molecule has 0 saturated heterocycles. The Morgan fingerprint density at radius 2 is 2.17 bits per heavy atom. The first-order chi connectivity index (χ1) is 8.42. The average Bonchev–Trinajstić information content (AvgIpc) is 2.26. The van der Waals surface area contributed by atoms with Gasteiger partial charge in [0.25, 0.3) is 0 Å². The van der Waals surface area contributed by atoms with Gasteiger partial charge in [-0.15, -0.1) is 6.58 Å². The lowest BCUT2D eigenvalue weighted by Crippen LogP contribution is -2.08. The molecule has 5 heteroatoms. The maximum atomic E-state index is 11.0. The van der Waals surface area contributed by atoms with Gasteiger partial charge in [0.2, 0.25) is 0 Å². The summed E-state index contributed by atoms with van der Waals surface area (Å²) in [5.74, 6) is 0.872. The molecule has 0 saturated carbocycles. The van der Waals surface area contributed by atoms with Crippen LogP contribution < -0.4 is 10.5 Å². The Hall–Kier alpha value is -1.49. The highest BCUT2D eigenvalue weighted by molar-refractivity contribution is 7.90. The van der Waals surface area contributed by atoms with Crippen LogP contribution in [0.1, 0.15) is 12.0 Å². The van der Waals surface area contributed by atoms with Gasteiger partial charge in [0.05, 0.1) is 12.4 Å². The average molecular weight is 269 g/mol. The van der Waals surface area contributed by atoms with E-state index < -0.39 is 9.84 Å². The Bertz CT molecular complexity index is 509. The Morgan fingerprint density at radius 3 is 2.78 bits per heavy atom. The largest absolute Gasteiger partial charge is 0.493 e. The van der Waals surface area contributed by atoms with Gasteiger partial charge in [-0.1, -0.05) is 6.08 Å². The van der Waals surface area contributed by atoms with E-state index in [0.29, 0.717) is 25.1 Å². The Balaban J connectivity index is 2.58. The number of ether oxygens (including phenoxy) is 1. The van der Waals surface area contributed by atoms with Gasteiger partial charge in [0.1, 0.15) is 15.6 Å². The first kappa shape index (κ1) is 14.6. The summed E-state index contributed by atoms with van der Waals surface area (Å²) >= 11 is 0. The predicted octanol–water partition coefficient (Wildman–Crippen LogP) is 1.81. The van der Waals surface area contributed by atoms with Crippen molar-refractivity contribution in [1.29, 1.82) is 0 Å². The van der Waals surface area contributed by atoms with Gasteiger partial charge in [-0.25, -0.2) is 8.42 Å². The Kier molecular flexibility index (Phi) is 5.22. The zero-order valence-electron chi connectivity index (χ0n) is 10.6. The summed E-state index contributed by atoms with van der Waals surface area (Å²) in [5, 5.41) is 0. The molecule has 0 aliphatic heterocycles. The summed E-state index contributed by atoms with van der Waals surface area (Å²) < 4.78 is 27.5. The van der Waals surface area contributed by atoms with Crippen LogP contribution in [0.2, 0.25) is 0 Å². The van der Waals surface area contributed by atoms with Gasteiger partial charge in [-0.3, -0.25) is 0 Å². The van der Waals surface area contributed by atoms with Gasteiger partial charge in [-0.05, 0) is 36.6 Å². The molecular weight excluding hydrogens is 250 g/mol. The van der Waals surface area contributed by atoms with Crippen LogP contribution >= 0.6 is 0 Å². The van der Waals surface area contributed by atoms with Crippen LogP contribution in [0.25, 0.3) is 0 Å². The molecule has 0 fully saturated rings. The SMILES string of the molecule is C=CCc1cc(N)ccc1OCCCS(C)(=O)=O. The van der Waals surface area contributed by atoms with E-state index in [4.69, 9.17) is 10.5 Å². The lowest BCUT2D eigenvalue weighted by molar-refractivity contribution is 0.315. The van der Waals surface area contributed by atoms with E-state index in [1.165, 1.54) is 6.26 Å². The third-order valence-corrected chi connectivity index (χ3v) is 3.40. The summed E-state index contributed by atoms with van der Waals surface area (Å²) in [7, 11) is -2.92. The molecule has 0 aliphatic rings. The number of anilines is 1. The number of nitrogen functional groups attached to an aromatic ring is 1. The highest BCUT2D eigenvalue weighted by atomic mass is 32.2. The lowest BCUT2D eigenvalue weighted by Gasteiger charge is -2.11. The number of nitrogens with two attached hydrogens (primary N) is 1. The maximum Gasteiger partial charge on any atom is 0.147 e. The monoisotopic (exact) mass is 269 g/mol. The number of hydrogen-bond acceptors (Lipinski definition) is 4. The van der Waals surface area contributed by atoms with Crippen molar-refractivity contribution in [3.05, 3.63) is 36.4 Å². The van der Waals surface area contributed by atoms with E-state index in [2.05, 4.69) is 6.58 Å². The molecule has 0 unspecified atom stereocenters. The fourth-order valence-corrected chi connectivity index (χ4v) is 2.20. The summed E-state index contributed by atoms with van der Waals surface area (Å²) in [5.41, 5.74) is 7.34. The molecular formula is C13H19NO3S. The first-order valence-electron chi connectivity index (χ1n) is 5.72. The molecule has 2 N–H and O–H groups in total. The van der Waals surface area contributed by atoms with Gasteiger partial charge in [0.15, 0.2) is 0 Å². The van der Waals surface area contributed by atoms with E-state index in [1.807, 2.05) is 6.07 Å². The van der Waals surface area contributed by atoms with E-state index in [0.717, 1.165) is 11.3 Å². The molecule has 1 aromatic carbocycles. The number of sulfone groups is 1. The lowest BCUT2D eigenvalue weighted by atomic mass is 10.1. The quantitative estimate of drug-likeness (QED) is 0.465. The van der Waals surface area contributed by atoms with Gasteiger partial charge >= 0.3 is 0 Å². The van der Waals surface area contributed by atoms with E-state index >= 15 is 0 Å². The molecule has 100 valence electrons. The molecule has 0 heterocycles. The van der Waals surface area contributed by atoms with Gasteiger partial charge in [-0.2, -0.15) is 0 Å². The summed E-state index contributed by atoms with van der Waals surface area (Å²) in [4.78, 5) is 0. The second-order valence-electron chi connectivity index (χ2n) is 4.19. The zero-order chi connectivity index (χ0) is 13.6. The third kappa shape index (κ3) is 5.23. The molecule has 4 nitrogen and oxygen atoms in total. The van der Waals surface area contributed by atoms with Crippen molar-refractivity contribution in [3.63, 3.8) is 0 Å². The number of hydrogen-bond donors (Lipinski definition) is 1. The Labute approximate surface area is 108 Å². The molecule has 0 aromatic heterocycles. The molecule has 0 amide bonds. The summed E-state index contributed by atoms with van der Waals surface area (Å²) in [6.45, 7) is 4.06. The molecule has 18 heavy (non-hydrogen) atoms. The summed E-state index contributed by atoms with van der Waals surface area (Å²) in [6.07, 6.45) is 4.15. The van der Waals surface area contributed by atoms with Crippen LogP contribution in [0.4, 0.5) is 5.69 Å². The fourth-order valence-electron chi connectivity index (χ4n) is 1.56. The van der Waals surface area contributed by atoms with Crippen molar-refractivity contribution in [2.75, 3.05) is 24.3 Å². The minimum atomic E-state index is -2.92. The number of benzene rings is 1. The van der Waals surface area contributed by atoms with Crippen LogP contribution in [0.5, 0.6) is 5.75 Å². The summed E-state index contributed by atoms with van der Waals surface area (Å²) in [6, 6.07) is 5.40. The van der Waals surface area contributed by atoms with Crippen molar-refractivity contribution in [2.45, 2.75) is 12.8 Å². The molecule has 0 bridgehead atoms. The van der Waals surface area contributed by atoms with Crippen molar-refractivity contribution in [1.82, 2.24) is 0 Å². The van der Waals surface area contributed by atoms with Crippen molar-refractivity contribution < 1.29 is 13.2 Å². The van der Waals surface area contributed by atoms with Crippen LogP contribution in [0.3, 0.4) is 0 Å². The standard InChI is InChI=1S/C13H19NO3S/c1-3-5-11-10-12(14)6-7-13(11)17-8-4-9-18(2,15)16/h3,6-7,10H,1,4-5,8-9,14H2,2H3. The van der Waals surface area contributed by atoms with Crippen molar-refractivity contribution in [3.8, 4) is 5.75 Å². The van der Waals surface area contributed by atoms with E-state index in [9.17, 15) is 8.42 Å². The molecule has 0 spiro atoms. The van der Waals surface area contributed by atoms with Crippen molar-refractivity contribution in [2.24, 2.45) is 0 Å². The molecule has 1 aromatic rings. The third-order valence-electron chi connectivity index (χ3n) is 2.37. The minimum Gasteiger partial charge on any atom is -0.493 e. The number of rotatable bonds is 7. The molecule has 1 rings (SSSR count). The van der Waals surface area contributed by atoms with Gasteiger partial charge in [0, 0.05) is 11.9 Å². The Morgan fingerprint density at radius 1 is 1.44 bits per heavy atom. The van der Waals surface area contributed by atoms with E-state index in [-0.39, 0.29) is 5.75 Å².